The molecule has 0 saturated carbocycles. The van der Waals surface area contributed by atoms with Crippen LogP contribution in [0.5, 0.6) is 0 Å². The van der Waals surface area contributed by atoms with Crippen LogP contribution in [0.3, 0.4) is 0 Å². The quantitative estimate of drug-likeness (QED) is 0.874. The van der Waals surface area contributed by atoms with Gasteiger partial charge in [0.25, 0.3) is 5.92 Å². The van der Waals surface area contributed by atoms with Gasteiger partial charge in [0, 0.05) is 25.1 Å². The molecule has 4 nitrogen and oxygen atoms in total. The third kappa shape index (κ3) is 4.36. The van der Waals surface area contributed by atoms with Crippen LogP contribution < -0.4 is 10.6 Å². The van der Waals surface area contributed by atoms with E-state index in [2.05, 4.69) is 10.6 Å². The van der Waals surface area contributed by atoms with E-state index in [1.54, 1.807) is 18.2 Å². The molecule has 0 aromatic heterocycles. The van der Waals surface area contributed by atoms with Gasteiger partial charge in [0.2, 0.25) is 5.91 Å². The number of alkyl halides is 2. The maximum Gasteiger partial charge on any atom is 0.262 e. The minimum Gasteiger partial charge on any atom is -0.375 e. The first-order valence-electron chi connectivity index (χ1n) is 6.58. The van der Waals surface area contributed by atoms with Gasteiger partial charge in [-0.25, -0.2) is 8.78 Å². The molecule has 2 rings (SSSR count). The van der Waals surface area contributed by atoms with E-state index < -0.39 is 30.8 Å². The average molecular weight is 319 g/mol. The number of hydrogen-bond acceptors (Lipinski definition) is 3. The van der Waals surface area contributed by atoms with Crippen LogP contribution in [0.15, 0.2) is 24.3 Å². The van der Waals surface area contributed by atoms with Crippen LogP contribution in [0, 0.1) is 0 Å². The zero-order valence-electron chi connectivity index (χ0n) is 11.5. The zero-order chi connectivity index (χ0) is 15.5. The Balaban J connectivity index is 1.90. The Hall–Kier alpha value is -1.24. The summed E-state index contributed by atoms with van der Waals surface area (Å²) in [6.07, 6.45) is -0.859. The number of methoxy groups -OCH3 is 1. The molecule has 116 valence electrons. The van der Waals surface area contributed by atoms with Crippen molar-refractivity contribution >= 4 is 17.5 Å². The van der Waals surface area contributed by atoms with E-state index in [1.807, 2.05) is 6.07 Å². The molecule has 0 aliphatic carbocycles. The number of rotatable bonds is 5. The predicted octanol–water partition coefficient (Wildman–Crippen LogP) is 2.14. The molecule has 2 N–H and O–H groups in total. The average Bonchev–Trinajstić information content (AvgIpc) is 2.80. The molecule has 2 unspecified atom stereocenters. The molecule has 0 radical (unpaired) electrons. The highest BCUT2D eigenvalue weighted by Gasteiger charge is 2.42. The van der Waals surface area contributed by atoms with Crippen LogP contribution in [0.4, 0.5) is 8.78 Å². The monoisotopic (exact) mass is 318 g/mol. The van der Waals surface area contributed by atoms with Crippen molar-refractivity contribution in [3.63, 3.8) is 0 Å². The summed E-state index contributed by atoms with van der Waals surface area (Å²) in [5.41, 5.74) is 0.815. The summed E-state index contributed by atoms with van der Waals surface area (Å²) >= 11 is 5.91. The summed E-state index contributed by atoms with van der Waals surface area (Å²) in [6, 6.07) is 6.22. The van der Waals surface area contributed by atoms with Crippen LogP contribution >= 0.6 is 11.6 Å². The van der Waals surface area contributed by atoms with Crippen LogP contribution in [-0.2, 0) is 9.53 Å². The molecule has 1 aliphatic heterocycles. The van der Waals surface area contributed by atoms with Gasteiger partial charge < -0.3 is 10.1 Å². The molecule has 1 aromatic carbocycles. The molecule has 1 amide bonds. The minimum absolute atomic E-state index is 0.194. The lowest BCUT2D eigenvalue weighted by Crippen LogP contribution is -2.42. The fourth-order valence-corrected chi connectivity index (χ4v) is 2.46. The van der Waals surface area contributed by atoms with E-state index in [-0.39, 0.29) is 12.6 Å². The second-order valence-electron chi connectivity index (χ2n) is 5.02. The minimum atomic E-state index is -2.82. The van der Waals surface area contributed by atoms with Gasteiger partial charge in [-0.2, -0.15) is 0 Å². The van der Waals surface area contributed by atoms with Gasteiger partial charge in [-0.05, 0) is 17.7 Å². The van der Waals surface area contributed by atoms with Crippen molar-refractivity contribution in [3.05, 3.63) is 34.9 Å². The first kappa shape index (κ1) is 16.1. The number of benzene rings is 1. The first-order valence-corrected chi connectivity index (χ1v) is 6.96. The fraction of sp³-hybridized carbons (Fsp3) is 0.500. The SMILES string of the molecule is COC(CNC(=O)C1CC(F)(F)CN1)c1cccc(Cl)c1. The Labute approximate surface area is 126 Å². The predicted molar refractivity (Wildman–Crippen MR) is 75.6 cm³/mol. The van der Waals surface area contributed by atoms with Gasteiger partial charge in [0.15, 0.2) is 0 Å². The second-order valence-corrected chi connectivity index (χ2v) is 5.45. The smallest absolute Gasteiger partial charge is 0.262 e. The van der Waals surface area contributed by atoms with E-state index >= 15 is 0 Å². The van der Waals surface area contributed by atoms with Crippen molar-refractivity contribution in [1.29, 1.82) is 0 Å². The number of carbonyl (C=O) groups excluding carboxylic acids is 1. The molecule has 1 heterocycles. The lowest BCUT2D eigenvalue weighted by molar-refractivity contribution is -0.124. The van der Waals surface area contributed by atoms with E-state index in [0.717, 1.165) is 5.56 Å². The van der Waals surface area contributed by atoms with Crippen molar-refractivity contribution in [2.24, 2.45) is 0 Å². The number of carbonyl (C=O) groups is 1. The summed E-state index contributed by atoms with van der Waals surface area (Å²) in [6.45, 7) is -0.271. The largest absolute Gasteiger partial charge is 0.375 e. The van der Waals surface area contributed by atoms with Crippen LogP contribution in [0.1, 0.15) is 18.1 Å². The molecule has 2 atom stereocenters. The highest BCUT2D eigenvalue weighted by Crippen LogP contribution is 2.25. The van der Waals surface area contributed by atoms with Crippen molar-refractivity contribution in [2.75, 3.05) is 20.2 Å². The number of ether oxygens (including phenoxy) is 1. The Morgan fingerprint density at radius 1 is 1.62 bits per heavy atom. The zero-order valence-corrected chi connectivity index (χ0v) is 12.3. The second kappa shape index (κ2) is 6.68. The number of amides is 1. The summed E-state index contributed by atoms with van der Waals surface area (Å²) < 4.78 is 31.4. The number of hydrogen-bond donors (Lipinski definition) is 2. The Kier molecular flexibility index (Phi) is 5.13. The summed E-state index contributed by atoms with van der Waals surface area (Å²) in [5.74, 6) is -3.27. The lowest BCUT2D eigenvalue weighted by Gasteiger charge is -2.18. The molecule has 1 fully saturated rings. The maximum atomic E-state index is 13.0. The summed E-state index contributed by atoms with van der Waals surface area (Å²) in [4.78, 5) is 11.9. The number of nitrogens with one attached hydrogen (secondary N) is 2. The highest BCUT2D eigenvalue weighted by atomic mass is 35.5. The maximum absolute atomic E-state index is 13.0. The van der Waals surface area contributed by atoms with Gasteiger partial charge in [0.05, 0.1) is 18.7 Å². The van der Waals surface area contributed by atoms with Gasteiger partial charge in [-0.1, -0.05) is 23.7 Å². The van der Waals surface area contributed by atoms with Gasteiger partial charge in [-0.3, -0.25) is 10.1 Å². The fourth-order valence-electron chi connectivity index (χ4n) is 2.26. The third-order valence-corrected chi connectivity index (χ3v) is 3.63. The van der Waals surface area contributed by atoms with E-state index in [9.17, 15) is 13.6 Å². The number of halogens is 3. The van der Waals surface area contributed by atoms with Crippen molar-refractivity contribution in [3.8, 4) is 0 Å². The third-order valence-electron chi connectivity index (χ3n) is 3.39. The van der Waals surface area contributed by atoms with Crippen molar-refractivity contribution in [2.45, 2.75) is 24.5 Å². The van der Waals surface area contributed by atoms with Crippen LogP contribution in [0.2, 0.25) is 5.02 Å². The van der Waals surface area contributed by atoms with Crippen molar-refractivity contribution in [1.82, 2.24) is 10.6 Å². The Morgan fingerprint density at radius 3 is 2.95 bits per heavy atom. The lowest BCUT2D eigenvalue weighted by atomic mass is 10.1. The molecular formula is C14H17ClF2N2O2. The molecule has 1 aliphatic rings. The Morgan fingerprint density at radius 2 is 2.38 bits per heavy atom. The molecular weight excluding hydrogens is 302 g/mol. The topological polar surface area (TPSA) is 50.4 Å². The normalized spacial score (nSPS) is 22.0. The van der Waals surface area contributed by atoms with Gasteiger partial charge in [-0.15, -0.1) is 0 Å². The molecule has 1 aromatic rings. The first-order chi connectivity index (χ1) is 9.91. The molecule has 1 saturated heterocycles. The van der Waals surface area contributed by atoms with Crippen LogP contribution in [0.25, 0.3) is 0 Å². The van der Waals surface area contributed by atoms with Gasteiger partial charge in [0.1, 0.15) is 0 Å². The van der Waals surface area contributed by atoms with E-state index in [0.29, 0.717) is 5.02 Å². The van der Waals surface area contributed by atoms with Gasteiger partial charge >= 0.3 is 0 Å². The van der Waals surface area contributed by atoms with Crippen molar-refractivity contribution < 1.29 is 18.3 Å². The summed E-state index contributed by atoms with van der Waals surface area (Å²) in [7, 11) is 1.51. The van der Waals surface area contributed by atoms with E-state index in [1.165, 1.54) is 7.11 Å². The Bertz CT molecular complexity index is 514. The standard InChI is InChI=1S/C14H17ClF2N2O2/c1-21-12(9-3-2-4-10(15)5-9)7-18-13(20)11-6-14(16,17)8-19-11/h2-5,11-12,19H,6-8H2,1H3,(H,18,20). The van der Waals surface area contributed by atoms with Crippen LogP contribution in [-0.4, -0.2) is 38.1 Å². The molecule has 21 heavy (non-hydrogen) atoms. The molecule has 0 spiro atoms. The highest BCUT2D eigenvalue weighted by molar-refractivity contribution is 6.30. The van der Waals surface area contributed by atoms with E-state index in [4.69, 9.17) is 16.3 Å². The summed E-state index contributed by atoms with van der Waals surface area (Å²) in [5, 5.41) is 5.71. The molecule has 0 bridgehead atoms. The molecule has 7 heteroatoms.